The van der Waals surface area contributed by atoms with Crippen LogP contribution in [0.15, 0.2) is 30.3 Å². The Hall–Kier alpha value is -1.35. The molecule has 1 aliphatic rings. The third-order valence-electron chi connectivity index (χ3n) is 4.39. The minimum absolute atomic E-state index is 0.341. The van der Waals surface area contributed by atoms with E-state index in [2.05, 4.69) is 34.5 Å². The average molecular weight is 288 g/mol. The summed E-state index contributed by atoms with van der Waals surface area (Å²) >= 11 is 0. The van der Waals surface area contributed by atoms with Crippen molar-refractivity contribution in [3.05, 3.63) is 35.9 Å². The van der Waals surface area contributed by atoms with Crippen LogP contribution in [0, 0.1) is 0 Å². The molecule has 0 spiro atoms. The zero-order chi connectivity index (χ0) is 14.9. The van der Waals surface area contributed by atoms with Crippen molar-refractivity contribution in [1.29, 1.82) is 0 Å². The van der Waals surface area contributed by atoms with Crippen LogP contribution in [0.3, 0.4) is 0 Å². The molecule has 1 amide bonds. The lowest BCUT2D eigenvalue weighted by Crippen LogP contribution is -2.40. The van der Waals surface area contributed by atoms with E-state index in [9.17, 15) is 4.79 Å². The number of hydrogen-bond donors (Lipinski definition) is 1. The van der Waals surface area contributed by atoms with Gasteiger partial charge in [0.1, 0.15) is 0 Å². The number of nitrogens with one attached hydrogen (secondary N) is 1. The molecule has 0 radical (unpaired) electrons. The van der Waals surface area contributed by atoms with Crippen LogP contribution in [0.5, 0.6) is 0 Å². The summed E-state index contributed by atoms with van der Waals surface area (Å²) in [7, 11) is 1.94. The van der Waals surface area contributed by atoms with Gasteiger partial charge in [0.05, 0.1) is 0 Å². The zero-order valence-electron chi connectivity index (χ0n) is 13.2. The lowest BCUT2D eigenvalue weighted by atomic mass is 10.1. The van der Waals surface area contributed by atoms with Crippen molar-refractivity contribution in [2.75, 3.05) is 20.1 Å². The van der Waals surface area contributed by atoms with Gasteiger partial charge in [-0.05, 0) is 44.8 Å². The summed E-state index contributed by atoms with van der Waals surface area (Å²) in [4.78, 5) is 14.7. The van der Waals surface area contributed by atoms with Gasteiger partial charge in [-0.2, -0.15) is 0 Å². The third kappa shape index (κ3) is 5.16. The van der Waals surface area contributed by atoms with Gasteiger partial charge in [-0.25, -0.2) is 0 Å². The zero-order valence-corrected chi connectivity index (χ0v) is 13.2. The van der Waals surface area contributed by atoms with Gasteiger partial charge in [-0.3, -0.25) is 4.79 Å². The number of carbonyl (C=O) groups excluding carboxylic acids is 1. The Labute approximate surface area is 128 Å². The monoisotopic (exact) mass is 288 g/mol. The first kappa shape index (κ1) is 16.0. The SMILES string of the molecule is CNCCCC(=O)N(CCc1ccccc1)C1CCCC1. The Bertz CT molecular complexity index is 412. The highest BCUT2D eigenvalue weighted by Crippen LogP contribution is 2.24. The minimum Gasteiger partial charge on any atom is -0.339 e. The molecule has 1 N–H and O–H groups in total. The van der Waals surface area contributed by atoms with Crippen LogP contribution in [0.2, 0.25) is 0 Å². The van der Waals surface area contributed by atoms with Crippen molar-refractivity contribution in [1.82, 2.24) is 10.2 Å². The van der Waals surface area contributed by atoms with Crippen LogP contribution < -0.4 is 5.32 Å². The number of nitrogens with zero attached hydrogens (tertiary/aromatic N) is 1. The Morgan fingerprint density at radius 3 is 2.62 bits per heavy atom. The van der Waals surface area contributed by atoms with Crippen LogP contribution in [-0.2, 0) is 11.2 Å². The topological polar surface area (TPSA) is 32.3 Å². The molecule has 1 aromatic rings. The molecule has 1 fully saturated rings. The lowest BCUT2D eigenvalue weighted by Gasteiger charge is -2.29. The van der Waals surface area contributed by atoms with Gasteiger partial charge in [0.25, 0.3) is 0 Å². The van der Waals surface area contributed by atoms with Gasteiger partial charge in [0, 0.05) is 19.0 Å². The predicted octanol–water partition coefficient (Wildman–Crippen LogP) is 3.00. The predicted molar refractivity (Wildman–Crippen MR) is 87.3 cm³/mol. The van der Waals surface area contributed by atoms with Gasteiger partial charge in [0.15, 0.2) is 0 Å². The molecule has 3 nitrogen and oxygen atoms in total. The maximum Gasteiger partial charge on any atom is 0.222 e. The van der Waals surface area contributed by atoms with Gasteiger partial charge in [-0.1, -0.05) is 43.2 Å². The molecule has 0 saturated heterocycles. The molecule has 1 aliphatic carbocycles. The average Bonchev–Trinajstić information content (AvgIpc) is 3.03. The molecule has 116 valence electrons. The lowest BCUT2D eigenvalue weighted by molar-refractivity contribution is -0.133. The number of benzene rings is 1. The highest BCUT2D eigenvalue weighted by molar-refractivity contribution is 5.76. The second-order valence-electron chi connectivity index (χ2n) is 5.97. The van der Waals surface area contributed by atoms with Gasteiger partial charge in [0.2, 0.25) is 5.91 Å². The standard InChI is InChI=1S/C18H28N2O/c1-19-14-7-12-18(21)20(17-10-5-6-11-17)15-13-16-8-3-2-4-9-16/h2-4,8-9,17,19H,5-7,10-15H2,1H3. The highest BCUT2D eigenvalue weighted by Gasteiger charge is 2.25. The van der Waals surface area contributed by atoms with Crippen LogP contribution in [0.25, 0.3) is 0 Å². The second kappa shape index (κ2) is 8.83. The van der Waals surface area contributed by atoms with Crippen molar-refractivity contribution in [2.45, 2.75) is 51.0 Å². The highest BCUT2D eigenvalue weighted by atomic mass is 16.2. The smallest absolute Gasteiger partial charge is 0.222 e. The second-order valence-corrected chi connectivity index (χ2v) is 5.97. The minimum atomic E-state index is 0.341. The third-order valence-corrected chi connectivity index (χ3v) is 4.39. The van der Waals surface area contributed by atoms with E-state index in [0.29, 0.717) is 18.4 Å². The van der Waals surface area contributed by atoms with E-state index in [-0.39, 0.29) is 0 Å². The number of rotatable bonds is 8. The fourth-order valence-corrected chi connectivity index (χ4v) is 3.18. The van der Waals surface area contributed by atoms with Crippen molar-refractivity contribution >= 4 is 5.91 Å². The van der Waals surface area contributed by atoms with E-state index >= 15 is 0 Å². The van der Waals surface area contributed by atoms with E-state index in [1.54, 1.807) is 0 Å². The molecule has 0 aliphatic heterocycles. The molecule has 1 saturated carbocycles. The number of amides is 1. The first-order valence-electron chi connectivity index (χ1n) is 8.29. The Kier molecular flexibility index (Phi) is 6.74. The summed E-state index contributed by atoms with van der Waals surface area (Å²) in [6.45, 7) is 1.79. The van der Waals surface area contributed by atoms with Crippen molar-refractivity contribution in [3.63, 3.8) is 0 Å². The van der Waals surface area contributed by atoms with Gasteiger partial charge in [-0.15, -0.1) is 0 Å². The molecular formula is C18H28N2O. The summed E-state index contributed by atoms with van der Waals surface area (Å²) in [5.41, 5.74) is 1.32. The van der Waals surface area contributed by atoms with E-state index in [4.69, 9.17) is 0 Å². The molecule has 0 aromatic heterocycles. The molecule has 0 atom stereocenters. The molecule has 1 aromatic carbocycles. The number of carbonyl (C=O) groups is 1. The maximum atomic E-state index is 12.5. The summed E-state index contributed by atoms with van der Waals surface area (Å²) in [5.74, 6) is 0.341. The Morgan fingerprint density at radius 1 is 1.24 bits per heavy atom. The van der Waals surface area contributed by atoms with E-state index < -0.39 is 0 Å². The molecule has 0 bridgehead atoms. The van der Waals surface area contributed by atoms with Crippen molar-refractivity contribution in [2.24, 2.45) is 0 Å². The van der Waals surface area contributed by atoms with Crippen molar-refractivity contribution < 1.29 is 4.79 Å². The van der Waals surface area contributed by atoms with Gasteiger partial charge < -0.3 is 10.2 Å². The van der Waals surface area contributed by atoms with Crippen LogP contribution in [-0.4, -0.2) is 37.0 Å². The fraction of sp³-hybridized carbons (Fsp3) is 0.611. The maximum absolute atomic E-state index is 12.5. The Morgan fingerprint density at radius 2 is 1.95 bits per heavy atom. The summed E-state index contributed by atoms with van der Waals surface area (Å²) in [6, 6.07) is 11.0. The summed E-state index contributed by atoms with van der Waals surface area (Å²) in [5, 5.41) is 3.12. The normalized spacial score (nSPS) is 15.3. The van der Waals surface area contributed by atoms with E-state index in [0.717, 1.165) is 25.9 Å². The molecule has 0 heterocycles. The first-order valence-corrected chi connectivity index (χ1v) is 8.29. The van der Waals surface area contributed by atoms with Crippen LogP contribution >= 0.6 is 0 Å². The first-order chi connectivity index (χ1) is 10.3. The molecule has 0 unspecified atom stereocenters. The van der Waals surface area contributed by atoms with Crippen molar-refractivity contribution in [3.8, 4) is 0 Å². The quantitative estimate of drug-likeness (QED) is 0.746. The summed E-state index contributed by atoms with van der Waals surface area (Å²) < 4.78 is 0. The summed E-state index contributed by atoms with van der Waals surface area (Å²) in [6.07, 6.45) is 7.50. The molecule has 21 heavy (non-hydrogen) atoms. The van der Waals surface area contributed by atoms with Gasteiger partial charge >= 0.3 is 0 Å². The Balaban J connectivity index is 1.90. The largest absolute Gasteiger partial charge is 0.339 e. The van der Waals surface area contributed by atoms with E-state index in [1.807, 2.05) is 13.1 Å². The molecule has 2 rings (SSSR count). The number of hydrogen-bond acceptors (Lipinski definition) is 2. The van der Waals surface area contributed by atoms with E-state index in [1.165, 1.54) is 31.2 Å². The van der Waals surface area contributed by atoms with Crippen LogP contribution in [0.4, 0.5) is 0 Å². The van der Waals surface area contributed by atoms with Crippen LogP contribution in [0.1, 0.15) is 44.1 Å². The fourth-order valence-electron chi connectivity index (χ4n) is 3.18. The molecular weight excluding hydrogens is 260 g/mol. The molecule has 3 heteroatoms.